The molecule has 0 unspecified atom stereocenters. The summed E-state index contributed by atoms with van der Waals surface area (Å²) in [6, 6.07) is 47.1. The van der Waals surface area contributed by atoms with Gasteiger partial charge in [0.05, 0.1) is 11.0 Å². The molecular formula is C36H27NSi. The molecule has 0 bridgehead atoms. The zero-order valence-corrected chi connectivity index (χ0v) is 22.6. The van der Waals surface area contributed by atoms with Crippen molar-refractivity contribution >= 4 is 51.0 Å². The Bertz CT molecular complexity index is 2030. The highest BCUT2D eigenvalue weighted by Gasteiger charge is 2.38. The predicted octanol–water partition coefficient (Wildman–Crippen LogP) is 8.41. The maximum atomic E-state index is 2.51. The summed E-state index contributed by atoms with van der Waals surface area (Å²) in [5.74, 6) is 0. The Hall–Kier alpha value is -4.40. The Balaban J connectivity index is 1.40. The zero-order valence-electron chi connectivity index (χ0n) is 21.6. The molecular weight excluding hydrogens is 474 g/mol. The van der Waals surface area contributed by atoms with Crippen LogP contribution in [0, 0.1) is 0 Å². The average Bonchev–Trinajstić information content (AvgIpc) is 3.41. The van der Waals surface area contributed by atoms with Crippen LogP contribution in [0.2, 0.25) is 13.1 Å². The summed E-state index contributed by atoms with van der Waals surface area (Å²) in [6.45, 7) is 5.03. The fourth-order valence-corrected chi connectivity index (χ4v) is 10.2. The summed E-state index contributed by atoms with van der Waals surface area (Å²) < 4.78 is 2.43. The van der Waals surface area contributed by atoms with Gasteiger partial charge >= 0.3 is 0 Å². The molecule has 0 fully saturated rings. The standard InChI is InChI=1S/C36H27NSi/c1-38(2)35-15-9-7-13-29(35)30-21-18-26-22-34-32(23-31(26)36(30)38)28-12-6-8-14-33(28)37(34)27-19-16-25(17-20-27)24-10-4-3-5-11-24/h3-23H,1-2H3. The number of rotatable bonds is 2. The quantitative estimate of drug-likeness (QED) is 0.210. The van der Waals surface area contributed by atoms with E-state index in [-0.39, 0.29) is 0 Å². The summed E-state index contributed by atoms with van der Waals surface area (Å²) in [5, 5.41) is 8.53. The van der Waals surface area contributed by atoms with Crippen molar-refractivity contribution in [1.82, 2.24) is 4.57 Å². The van der Waals surface area contributed by atoms with Gasteiger partial charge in [-0.3, -0.25) is 0 Å². The third kappa shape index (κ3) is 2.92. The predicted molar refractivity (Wildman–Crippen MR) is 166 cm³/mol. The van der Waals surface area contributed by atoms with E-state index in [1.54, 1.807) is 10.4 Å². The molecule has 0 N–H and O–H groups in total. The molecule has 0 aliphatic carbocycles. The van der Waals surface area contributed by atoms with Crippen LogP contribution >= 0.6 is 0 Å². The number of aromatic nitrogens is 1. The molecule has 180 valence electrons. The topological polar surface area (TPSA) is 4.93 Å². The first kappa shape index (κ1) is 21.7. The first-order valence-corrected chi connectivity index (χ1v) is 16.4. The molecule has 7 aromatic rings. The molecule has 1 aliphatic heterocycles. The smallest absolute Gasteiger partial charge is 0.114 e. The first-order valence-electron chi connectivity index (χ1n) is 13.4. The molecule has 1 nitrogen and oxygen atoms in total. The van der Waals surface area contributed by atoms with Gasteiger partial charge in [0.2, 0.25) is 0 Å². The van der Waals surface area contributed by atoms with E-state index in [9.17, 15) is 0 Å². The summed E-state index contributed by atoms with van der Waals surface area (Å²) in [5.41, 5.74) is 9.06. The molecule has 1 aliphatic rings. The van der Waals surface area contributed by atoms with Gasteiger partial charge in [-0.15, -0.1) is 0 Å². The lowest BCUT2D eigenvalue weighted by molar-refractivity contribution is 1.18. The van der Waals surface area contributed by atoms with Crippen molar-refractivity contribution in [2.45, 2.75) is 13.1 Å². The highest BCUT2D eigenvalue weighted by molar-refractivity contribution is 7.05. The second-order valence-corrected chi connectivity index (χ2v) is 15.3. The Morgan fingerprint density at radius 2 is 1.21 bits per heavy atom. The third-order valence-electron chi connectivity index (χ3n) is 8.56. The van der Waals surface area contributed by atoms with Crippen LogP contribution in [0.25, 0.3) is 60.5 Å². The molecule has 8 rings (SSSR count). The highest BCUT2D eigenvalue weighted by atomic mass is 28.3. The van der Waals surface area contributed by atoms with Gasteiger partial charge in [-0.2, -0.15) is 0 Å². The van der Waals surface area contributed by atoms with E-state index in [1.165, 1.54) is 60.5 Å². The van der Waals surface area contributed by atoms with Crippen molar-refractivity contribution in [2.75, 3.05) is 0 Å². The highest BCUT2D eigenvalue weighted by Crippen LogP contribution is 2.38. The van der Waals surface area contributed by atoms with E-state index in [0.717, 1.165) is 0 Å². The van der Waals surface area contributed by atoms with Crippen LogP contribution in [0.3, 0.4) is 0 Å². The minimum Gasteiger partial charge on any atom is -0.309 e. The van der Waals surface area contributed by atoms with Crippen molar-refractivity contribution in [3.05, 3.63) is 127 Å². The normalized spacial score (nSPS) is 13.7. The third-order valence-corrected chi connectivity index (χ3v) is 12.1. The first-order chi connectivity index (χ1) is 18.6. The van der Waals surface area contributed by atoms with Crippen LogP contribution in [0.15, 0.2) is 127 Å². The number of hydrogen-bond donors (Lipinski definition) is 0. The maximum Gasteiger partial charge on any atom is 0.114 e. The second kappa shape index (κ2) is 7.80. The van der Waals surface area contributed by atoms with E-state index >= 15 is 0 Å². The van der Waals surface area contributed by atoms with Crippen LogP contribution in [0.5, 0.6) is 0 Å². The van der Waals surface area contributed by atoms with E-state index < -0.39 is 8.07 Å². The molecule has 2 heterocycles. The van der Waals surface area contributed by atoms with Crippen LogP contribution in [0.4, 0.5) is 0 Å². The molecule has 0 atom stereocenters. The lowest BCUT2D eigenvalue weighted by Gasteiger charge is -2.21. The van der Waals surface area contributed by atoms with Gasteiger partial charge in [-0.1, -0.05) is 110 Å². The zero-order chi connectivity index (χ0) is 25.4. The second-order valence-electron chi connectivity index (χ2n) is 11.0. The van der Waals surface area contributed by atoms with Gasteiger partial charge in [-0.25, -0.2) is 0 Å². The number of para-hydroxylation sites is 1. The van der Waals surface area contributed by atoms with Crippen molar-refractivity contribution in [3.8, 4) is 27.9 Å². The van der Waals surface area contributed by atoms with Crippen LogP contribution in [-0.4, -0.2) is 12.6 Å². The van der Waals surface area contributed by atoms with Crippen LogP contribution < -0.4 is 10.4 Å². The van der Waals surface area contributed by atoms with E-state index in [0.29, 0.717) is 0 Å². The molecule has 0 spiro atoms. The van der Waals surface area contributed by atoms with Gasteiger partial charge in [-0.05, 0) is 73.7 Å². The lowest BCUT2D eigenvalue weighted by Crippen LogP contribution is -2.49. The van der Waals surface area contributed by atoms with Gasteiger partial charge in [0, 0.05) is 16.5 Å². The monoisotopic (exact) mass is 501 g/mol. The lowest BCUT2D eigenvalue weighted by atomic mass is 9.99. The van der Waals surface area contributed by atoms with Gasteiger partial charge in [0.1, 0.15) is 8.07 Å². The van der Waals surface area contributed by atoms with E-state index in [1.807, 2.05) is 0 Å². The maximum absolute atomic E-state index is 2.51. The summed E-state index contributed by atoms with van der Waals surface area (Å²) in [6.07, 6.45) is 0. The van der Waals surface area contributed by atoms with Crippen LogP contribution in [-0.2, 0) is 0 Å². The summed E-state index contributed by atoms with van der Waals surface area (Å²) >= 11 is 0. The van der Waals surface area contributed by atoms with E-state index in [2.05, 4.69) is 145 Å². The molecule has 6 aromatic carbocycles. The fraction of sp³-hybridized carbons (Fsp3) is 0.0556. The minimum atomic E-state index is -1.80. The van der Waals surface area contributed by atoms with Gasteiger partial charge < -0.3 is 4.57 Å². The Kier molecular flexibility index (Phi) is 4.45. The molecule has 0 saturated carbocycles. The molecule has 0 saturated heterocycles. The number of nitrogens with zero attached hydrogens (tertiary/aromatic N) is 1. The van der Waals surface area contributed by atoms with E-state index in [4.69, 9.17) is 0 Å². The minimum absolute atomic E-state index is 1.19. The molecule has 0 radical (unpaired) electrons. The molecule has 1 aromatic heterocycles. The number of fused-ring (bicyclic) bond motifs is 8. The molecule has 38 heavy (non-hydrogen) atoms. The number of benzene rings is 6. The Labute approximate surface area is 223 Å². The average molecular weight is 502 g/mol. The SMILES string of the molecule is C[Si]1(C)c2ccccc2-c2ccc3cc4c(cc3c21)c1ccccc1n4-c1ccc(-c2ccccc2)cc1. The van der Waals surface area contributed by atoms with Gasteiger partial charge in [0.15, 0.2) is 0 Å². The van der Waals surface area contributed by atoms with Gasteiger partial charge in [0.25, 0.3) is 0 Å². The molecule has 0 amide bonds. The summed E-state index contributed by atoms with van der Waals surface area (Å²) in [7, 11) is -1.80. The van der Waals surface area contributed by atoms with Crippen molar-refractivity contribution in [3.63, 3.8) is 0 Å². The largest absolute Gasteiger partial charge is 0.309 e. The van der Waals surface area contributed by atoms with Crippen molar-refractivity contribution in [1.29, 1.82) is 0 Å². The number of hydrogen-bond acceptors (Lipinski definition) is 0. The Morgan fingerprint density at radius 1 is 0.500 bits per heavy atom. The van der Waals surface area contributed by atoms with Crippen molar-refractivity contribution < 1.29 is 0 Å². The summed E-state index contributed by atoms with van der Waals surface area (Å²) in [4.78, 5) is 0. The Morgan fingerprint density at radius 3 is 2.05 bits per heavy atom. The van der Waals surface area contributed by atoms with Crippen LogP contribution in [0.1, 0.15) is 0 Å². The molecule has 2 heteroatoms. The van der Waals surface area contributed by atoms with Crippen molar-refractivity contribution in [2.24, 2.45) is 0 Å². The fourth-order valence-electron chi connectivity index (χ4n) is 6.79.